The molecule has 7 heteroatoms. The molecule has 0 bridgehead atoms. The van der Waals surface area contributed by atoms with Crippen molar-refractivity contribution >= 4 is 26.7 Å². The van der Waals surface area contributed by atoms with E-state index in [2.05, 4.69) is 14.6 Å². The molecule has 2 heterocycles. The topological polar surface area (TPSA) is 82.3 Å². The summed E-state index contributed by atoms with van der Waals surface area (Å²) in [5, 5.41) is 0.848. The summed E-state index contributed by atoms with van der Waals surface area (Å²) in [5.74, 6) is 0.151. The third kappa shape index (κ3) is 3.88. The van der Waals surface area contributed by atoms with Crippen molar-refractivity contribution in [3.05, 3.63) is 29.0 Å². The first-order valence-electron chi connectivity index (χ1n) is 10.4. The monoisotopic (exact) mass is 403 g/mol. The molecule has 0 radical (unpaired) electrons. The van der Waals surface area contributed by atoms with Crippen LogP contribution in [0.1, 0.15) is 60.1 Å². The minimum absolute atomic E-state index is 0.151. The Kier molecular flexibility index (Phi) is 5.58. The van der Waals surface area contributed by atoms with Gasteiger partial charge in [0.25, 0.3) is 0 Å². The van der Waals surface area contributed by atoms with Crippen LogP contribution >= 0.6 is 0 Å². The summed E-state index contributed by atoms with van der Waals surface area (Å²) in [6, 6.07) is 3.53. The van der Waals surface area contributed by atoms with E-state index in [4.69, 9.17) is 0 Å². The lowest BCUT2D eigenvalue weighted by Gasteiger charge is -2.20. The highest BCUT2D eigenvalue weighted by molar-refractivity contribution is 7.89. The van der Waals surface area contributed by atoms with Gasteiger partial charge >= 0.3 is 0 Å². The number of H-pyrrole nitrogens is 1. The van der Waals surface area contributed by atoms with E-state index in [1.807, 2.05) is 6.07 Å². The molecule has 1 fully saturated rings. The van der Waals surface area contributed by atoms with Gasteiger partial charge in [-0.25, -0.2) is 13.1 Å². The van der Waals surface area contributed by atoms with Gasteiger partial charge in [0.2, 0.25) is 10.0 Å². The largest absolute Gasteiger partial charge is 0.358 e. The number of ketones is 1. The molecule has 2 aliphatic rings. The van der Waals surface area contributed by atoms with Gasteiger partial charge in [-0.15, -0.1) is 0 Å². The molecule has 1 saturated heterocycles. The van der Waals surface area contributed by atoms with Crippen molar-refractivity contribution in [3.8, 4) is 0 Å². The van der Waals surface area contributed by atoms with Gasteiger partial charge in [-0.1, -0.05) is 12.8 Å². The summed E-state index contributed by atoms with van der Waals surface area (Å²) in [4.78, 5) is 18.2. The van der Waals surface area contributed by atoms with Gasteiger partial charge in [0.1, 0.15) is 0 Å². The Bertz CT molecular complexity index is 986. The number of aryl methyl sites for hydroxylation is 2. The number of sulfonamides is 1. The number of nitrogens with one attached hydrogen (secondary N) is 2. The van der Waals surface area contributed by atoms with Crippen LogP contribution in [0.25, 0.3) is 10.9 Å². The average molecular weight is 404 g/mol. The Morgan fingerprint density at radius 1 is 1.07 bits per heavy atom. The number of hydrogen-bond donors (Lipinski definition) is 2. The predicted octanol–water partition coefficient (Wildman–Crippen LogP) is 3.15. The van der Waals surface area contributed by atoms with Crippen LogP contribution in [0.3, 0.4) is 0 Å². The molecule has 1 aliphatic carbocycles. The predicted molar refractivity (Wildman–Crippen MR) is 110 cm³/mol. The number of aromatic amines is 1. The lowest BCUT2D eigenvalue weighted by atomic mass is 9.94. The lowest BCUT2D eigenvalue weighted by Crippen LogP contribution is -2.35. The number of aromatic nitrogens is 1. The highest BCUT2D eigenvalue weighted by Crippen LogP contribution is 2.32. The average Bonchev–Trinajstić information content (AvgIpc) is 2.82. The summed E-state index contributed by atoms with van der Waals surface area (Å²) < 4.78 is 28.6. The molecule has 0 spiro atoms. The molecule has 0 amide bonds. The summed E-state index contributed by atoms with van der Waals surface area (Å²) >= 11 is 0. The van der Waals surface area contributed by atoms with Gasteiger partial charge in [0.05, 0.1) is 4.90 Å². The van der Waals surface area contributed by atoms with Gasteiger partial charge in [-0.3, -0.25) is 4.79 Å². The first-order valence-corrected chi connectivity index (χ1v) is 11.8. The van der Waals surface area contributed by atoms with Crippen molar-refractivity contribution in [3.63, 3.8) is 0 Å². The molecule has 1 aromatic carbocycles. The number of benzene rings is 1. The summed E-state index contributed by atoms with van der Waals surface area (Å²) in [6.45, 7) is 5.06. The summed E-state index contributed by atoms with van der Waals surface area (Å²) in [6.07, 6.45) is 7.18. The highest BCUT2D eigenvalue weighted by Gasteiger charge is 2.25. The van der Waals surface area contributed by atoms with Crippen LogP contribution in [0.4, 0.5) is 0 Å². The van der Waals surface area contributed by atoms with E-state index >= 15 is 0 Å². The molecule has 2 aromatic rings. The molecule has 0 unspecified atom stereocenters. The van der Waals surface area contributed by atoms with Crippen LogP contribution in [-0.4, -0.2) is 50.3 Å². The van der Waals surface area contributed by atoms with Crippen LogP contribution in [0.5, 0.6) is 0 Å². The van der Waals surface area contributed by atoms with Gasteiger partial charge in [0.15, 0.2) is 5.78 Å². The van der Waals surface area contributed by atoms with Crippen molar-refractivity contribution in [1.29, 1.82) is 0 Å². The fourth-order valence-electron chi connectivity index (χ4n) is 4.51. The standard InChI is InChI=1S/C21H29N3O3S/c1-15-13-16-18(23-17-7-6-8-19(25)21(16)17)14-20(15)28(26,27)22-9-12-24-10-4-2-3-5-11-24/h13-14,22-23H,2-12H2,1H3. The quantitative estimate of drug-likeness (QED) is 0.803. The number of Topliss-reactive ketones (excluding diaryl/α,β-unsaturated/α-hetero) is 1. The minimum atomic E-state index is -3.59. The van der Waals surface area contributed by atoms with E-state index < -0.39 is 10.0 Å². The Morgan fingerprint density at radius 3 is 2.57 bits per heavy atom. The zero-order valence-corrected chi connectivity index (χ0v) is 17.3. The summed E-state index contributed by atoms with van der Waals surface area (Å²) in [7, 11) is -3.59. The van der Waals surface area contributed by atoms with E-state index in [1.54, 1.807) is 13.0 Å². The Labute approximate surface area is 166 Å². The van der Waals surface area contributed by atoms with Crippen LogP contribution in [0.15, 0.2) is 17.0 Å². The number of likely N-dealkylation sites (tertiary alicyclic amines) is 1. The third-order valence-corrected chi connectivity index (χ3v) is 7.59. The van der Waals surface area contributed by atoms with Crippen molar-refractivity contribution in [2.24, 2.45) is 0 Å². The first kappa shape index (κ1) is 19.6. The van der Waals surface area contributed by atoms with Crippen LogP contribution in [0.2, 0.25) is 0 Å². The molecule has 1 aliphatic heterocycles. The Hall–Kier alpha value is -1.70. The van der Waals surface area contributed by atoms with E-state index in [0.717, 1.165) is 54.6 Å². The van der Waals surface area contributed by atoms with Crippen molar-refractivity contribution in [2.45, 2.75) is 56.8 Å². The molecule has 2 N–H and O–H groups in total. The normalized spacial score (nSPS) is 19.0. The fourth-order valence-corrected chi connectivity index (χ4v) is 5.78. The van der Waals surface area contributed by atoms with Crippen LogP contribution in [-0.2, 0) is 16.4 Å². The molecule has 0 saturated carbocycles. The molecule has 152 valence electrons. The third-order valence-electron chi connectivity index (χ3n) is 5.99. The number of carbonyl (C=O) groups is 1. The maximum Gasteiger partial charge on any atom is 0.240 e. The van der Waals surface area contributed by atoms with Crippen molar-refractivity contribution < 1.29 is 13.2 Å². The molecule has 28 heavy (non-hydrogen) atoms. The number of carbonyl (C=O) groups excluding carboxylic acids is 1. The second-order valence-corrected chi connectivity index (χ2v) is 9.81. The van der Waals surface area contributed by atoms with Crippen molar-refractivity contribution in [2.75, 3.05) is 26.2 Å². The zero-order chi connectivity index (χ0) is 19.7. The Morgan fingerprint density at radius 2 is 1.82 bits per heavy atom. The maximum atomic E-state index is 12.9. The summed E-state index contributed by atoms with van der Waals surface area (Å²) in [5.41, 5.74) is 3.10. The first-order chi connectivity index (χ1) is 13.5. The minimum Gasteiger partial charge on any atom is -0.358 e. The molecular formula is C21H29N3O3S. The smallest absolute Gasteiger partial charge is 0.240 e. The van der Waals surface area contributed by atoms with Crippen LogP contribution < -0.4 is 4.72 Å². The second kappa shape index (κ2) is 7.97. The van der Waals surface area contributed by atoms with E-state index in [0.29, 0.717) is 23.4 Å². The highest BCUT2D eigenvalue weighted by atomic mass is 32.2. The van der Waals surface area contributed by atoms with E-state index in [1.165, 1.54) is 25.7 Å². The molecule has 4 rings (SSSR count). The van der Waals surface area contributed by atoms with Gasteiger partial charge in [-0.05, 0) is 63.4 Å². The molecule has 0 atom stereocenters. The van der Waals surface area contributed by atoms with Crippen molar-refractivity contribution in [1.82, 2.24) is 14.6 Å². The SMILES string of the molecule is Cc1cc2c3c([nH]c2cc1S(=O)(=O)NCCN1CCCCCC1)CCCC3=O. The fraction of sp³-hybridized carbons (Fsp3) is 0.571. The number of fused-ring (bicyclic) bond motifs is 3. The van der Waals surface area contributed by atoms with E-state index in [-0.39, 0.29) is 5.78 Å². The number of nitrogens with zero attached hydrogens (tertiary/aromatic N) is 1. The number of rotatable bonds is 5. The maximum absolute atomic E-state index is 12.9. The number of hydrogen-bond acceptors (Lipinski definition) is 4. The van der Waals surface area contributed by atoms with Gasteiger partial charge in [-0.2, -0.15) is 0 Å². The van der Waals surface area contributed by atoms with Gasteiger partial charge in [0, 0.05) is 41.7 Å². The molecular weight excluding hydrogens is 374 g/mol. The van der Waals surface area contributed by atoms with Crippen LogP contribution in [0, 0.1) is 6.92 Å². The lowest BCUT2D eigenvalue weighted by molar-refractivity contribution is 0.0974. The van der Waals surface area contributed by atoms with Gasteiger partial charge < -0.3 is 9.88 Å². The second-order valence-electron chi connectivity index (χ2n) is 8.07. The zero-order valence-electron chi connectivity index (χ0n) is 16.5. The molecule has 1 aromatic heterocycles. The Balaban J connectivity index is 1.53. The molecule has 6 nitrogen and oxygen atoms in total. The van der Waals surface area contributed by atoms with E-state index in [9.17, 15) is 13.2 Å².